The number of urea groups is 1. The summed E-state index contributed by atoms with van der Waals surface area (Å²) in [5.41, 5.74) is 3.72. The lowest BCUT2D eigenvalue weighted by molar-refractivity contribution is -0.120. The van der Waals surface area contributed by atoms with E-state index in [-0.39, 0.29) is 12.3 Å². The number of nitrogens with one attached hydrogen (secondary N) is 3. The standard InChI is InChI=1S/C17H20N6O3/c1-12(22-23-17(25)21-15-11-18-7-8-19-15)9-16(24)20-10-13-3-5-14(26-2)6-4-13/h3-8,11H,9-10H2,1-2H3,(H,20,24)(H2,19,21,23,25)/b22-12-. The number of methoxy groups -OCH3 is 1. The van der Waals surface area contributed by atoms with E-state index in [1.54, 1.807) is 14.0 Å². The molecule has 3 N–H and O–H groups in total. The van der Waals surface area contributed by atoms with Gasteiger partial charge in [-0.05, 0) is 24.6 Å². The molecule has 1 aromatic heterocycles. The van der Waals surface area contributed by atoms with E-state index >= 15 is 0 Å². The number of anilines is 1. The van der Waals surface area contributed by atoms with Crippen molar-refractivity contribution in [3.8, 4) is 5.75 Å². The largest absolute Gasteiger partial charge is 0.497 e. The van der Waals surface area contributed by atoms with Crippen LogP contribution in [0.1, 0.15) is 18.9 Å². The number of aromatic nitrogens is 2. The fraction of sp³-hybridized carbons (Fsp3) is 0.235. The van der Waals surface area contributed by atoms with Gasteiger partial charge in [0, 0.05) is 24.7 Å². The second kappa shape index (κ2) is 9.72. The molecule has 0 unspecified atom stereocenters. The van der Waals surface area contributed by atoms with E-state index in [0.717, 1.165) is 11.3 Å². The van der Waals surface area contributed by atoms with E-state index in [9.17, 15) is 9.59 Å². The van der Waals surface area contributed by atoms with E-state index < -0.39 is 6.03 Å². The molecule has 0 aliphatic carbocycles. The number of hydrogen-bond donors (Lipinski definition) is 3. The van der Waals surface area contributed by atoms with Crippen molar-refractivity contribution >= 4 is 23.5 Å². The highest BCUT2D eigenvalue weighted by Crippen LogP contribution is 2.10. The first-order valence-corrected chi connectivity index (χ1v) is 7.82. The maximum atomic E-state index is 11.9. The summed E-state index contributed by atoms with van der Waals surface area (Å²) < 4.78 is 5.08. The second-order valence-corrected chi connectivity index (χ2v) is 5.31. The van der Waals surface area contributed by atoms with Crippen molar-refractivity contribution < 1.29 is 14.3 Å². The Morgan fingerprint density at radius 2 is 1.96 bits per heavy atom. The maximum Gasteiger partial charge on any atom is 0.340 e. The molecule has 9 heteroatoms. The molecular formula is C17H20N6O3. The van der Waals surface area contributed by atoms with E-state index in [0.29, 0.717) is 18.1 Å². The van der Waals surface area contributed by atoms with Crippen LogP contribution >= 0.6 is 0 Å². The number of hydrogen-bond acceptors (Lipinski definition) is 6. The average Bonchev–Trinajstić information content (AvgIpc) is 2.66. The molecule has 1 heterocycles. The topological polar surface area (TPSA) is 118 Å². The lowest BCUT2D eigenvalue weighted by Crippen LogP contribution is -2.28. The molecule has 0 aliphatic rings. The van der Waals surface area contributed by atoms with Crippen molar-refractivity contribution in [2.24, 2.45) is 5.10 Å². The zero-order valence-corrected chi connectivity index (χ0v) is 14.5. The molecule has 2 aromatic rings. The van der Waals surface area contributed by atoms with E-state index in [4.69, 9.17) is 4.74 Å². The highest BCUT2D eigenvalue weighted by Gasteiger charge is 2.06. The third-order valence-electron chi connectivity index (χ3n) is 3.22. The summed E-state index contributed by atoms with van der Waals surface area (Å²) in [5, 5.41) is 9.12. The summed E-state index contributed by atoms with van der Waals surface area (Å²) in [6, 6.07) is 6.84. The summed E-state index contributed by atoms with van der Waals surface area (Å²) in [6.07, 6.45) is 4.43. The van der Waals surface area contributed by atoms with Gasteiger partial charge in [0.1, 0.15) is 5.75 Å². The third kappa shape index (κ3) is 6.56. The number of benzene rings is 1. The maximum absolute atomic E-state index is 11.9. The van der Waals surface area contributed by atoms with Gasteiger partial charge in [-0.2, -0.15) is 5.10 Å². The second-order valence-electron chi connectivity index (χ2n) is 5.31. The normalized spacial score (nSPS) is 10.8. The average molecular weight is 356 g/mol. The number of carbonyl (C=O) groups is 2. The summed E-state index contributed by atoms with van der Waals surface area (Å²) in [5.74, 6) is 0.863. The molecule has 0 bridgehead atoms. The Labute approximate surface area is 150 Å². The van der Waals surface area contributed by atoms with Crippen molar-refractivity contribution in [1.82, 2.24) is 20.7 Å². The van der Waals surface area contributed by atoms with Gasteiger partial charge >= 0.3 is 6.03 Å². The molecular weight excluding hydrogens is 336 g/mol. The number of ether oxygens (including phenoxy) is 1. The fourth-order valence-electron chi connectivity index (χ4n) is 1.93. The van der Waals surface area contributed by atoms with E-state index in [1.165, 1.54) is 18.6 Å². The van der Waals surface area contributed by atoms with Crippen LogP contribution in [0, 0.1) is 0 Å². The Morgan fingerprint density at radius 3 is 2.62 bits per heavy atom. The molecule has 9 nitrogen and oxygen atoms in total. The molecule has 0 saturated heterocycles. The minimum atomic E-state index is -0.566. The monoisotopic (exact) mass is 356 g/mol. The van der Waals surface area contributed by atoms with Gasteiger partial charge in [-0.3, -0.25) is 15.1 Å². The minimum absolute atomic E-state index is 0.0710. The van der Waals surface area contributed by atoms with E-state index in [2.05, 4.69) is 31.1 Å². The van der Waals surface area contributed by atoms with Gasteiger partial charge in [0.25, 0.3) is 0 Å². The van der Waals surface area contributed by atoms with Crippen LogP contribution in [0.3, 0.4) is 0 Å². The predicted molar refractivity (Wildman–Crippen MR) is 96.8 cm³/mol. The van der Waals surface area contributed by atoms with Crippen molar-refractivity contribution in [2.45, 2.75) is 19.9 Å². The van der Waals surface area contributed by atoms with Gasteiger partial charge in [-0.25, -0.2) is 15.2 Å². The van der Waals surface area contributed by atoms with Gasteiger partial charge in [0.15, 0.2) is 5.82 Å². The summed E-state index contributed by atoms with van der Waals surface area (Å²) in [6.45, 7) is 2.05. The zero-order valence-electron chi connectivity index (χ0n) is 14.5. The Morgan fingerprint density at radius 1 is 1.19 bits per heavy atom. The van der Waals surface area contributed by atoms with Gasteiger partial charge in [-0.1, -0.05) is 12.1 Å². The molecule has 0 atom stereocenters. The zero-order chi connectivity index (χ0) is 18.8. The number of rotatable bonds is 7. The Kier molecular flexibility index (Phi) is 7.04. The van der Waals surface area contributed by atoms with Gasteiger partial charge in [0.05, 0.1) is 19.7 Å². The van der Waals surface area contributed by atoms with Gasteiger partial charge in [-0.15, -0.1) is 0 Å². The summed E-state index contributed by atoms with van der Waals surface area (Å²) >= 11 is 0. The Hall–Kier alpha value is -3.49. The fourth-order valence-corrected chi connectivity index (χ4v) is 1.93. The van der Waals surface area contributed by atoms with E-state index in [1.807, 2.05) is 24.3 Å². The Bertz CT molecular complexity index is 762. The highest BCUT2D eigenvalue weighted by molar-refractivity contribution is 6.00. The van der Waals surface area contributed by atoms with Crippen molar-refractivity contribution in [3.05, 3.63) is 48.4 Å². The number of amides is 3. The number of carbonyl (C=O) groups excluding carboxylic acids is 2. The van der Waals surface area contributed by atoms with Gasteiger partial charge in [0.2, 0.25) is 5.91 Å². The molecule has 26 heavy (non-hydrogen) atoms. The minimum Gasteiger partial charge on any atom is -0.497 e. The summed E-state index contributed by atoms with van der Waals surface area (Å²) in [7, 11) is 1.60. The van der Waals surface area contributed by atoms with Crippen LogP contribution in [-0.4, -0.2) is 34.7 Å². The molecule has 0 radical (unpaired) electrons. The van der Waals surface area contributed by atoms with Crippen molar-refractivity contribution in [3.63, 3.8) is 0 Å². The molecule has 3 amide bonds. The molecule has 0 spiro atoms. The number of hydrazone groups is 1. The molecule has 0 fully saturated rings. The van der Waals surface area contributed by atoms with Crippen LogP contribution in [0.15, 0.2) is 48.0 Å². The van der Waals surface area contributed by atoms with Crippen LogP contribution in [0.2, 0.25) is 0 Å². The SMILES string of the molecule is COc1ccc(CNC(=O)C/C(C)=N\NC(=O)Nc2cnccn2)cc1. The van der Waals surface area contributed by atoms with Crippen LogP contribution in [-0.2, 0) is 11.3 Å². The van der Waals surface area contributed by atoms with Crippen LogP contribution < -0.4 is 20.8 Å². The first-order valence-electron chi connectivity index (χ1n) is 7.82. The van der Waals surface area contributed by atoms with Crippen LogP contribution in [0.4, 0.5) is 10.6 Å². The molecule has 0 saturated carbocycles. The molecule has 136 valence electrons. The number of nitrogens with zero attached hydrogens (tertiary/aromatic N) is 3. The summed E-state index contributed by atoms with van der Waals surface area (Å²) in [4.78, 5) is 31.3. The van der Waals surface area contributed by atoms with Crippen molar-refractivity contribution in [2.75, 3.05) is 12.4 Å². The molecule has 0 aliphatic heterocycles. The first kappa shape index (κ1) is 18.8. The van der Waals surface area contributed by atoms with Gasteiger partial charge < -0.3 is 10.1 Å². The lowest BCUT2D eigenvalue weighted by Gasteiger charge is -2.07. The predicted octanol–water partition coefficient (Wildman–Crippen LogP) is 1.69. The first-order chi connectivity index (χ1) is 12.6. The van der Waals surface area contributed by atoms with Crippen LogP contribution in [0.5, 0.6) is 5.75 Å². The third-order valence-corrected chi connectivity index (χ3v) is 3.22. The van der Waals surface area contributed by atoms with Crippen molar-refractivity contribution in [1.29, 1.82) is 0 Å². The molecule has 2 rings (SSSR count). The quantitative estimate of drug-likeness (QED) is 0.515. The lowest BCUT2D eigenvalue weighted by atomic mass is 10.2. The molecule has 1 aromatic carbocycles. The highest BCUT2D eigenvalue weighted by atomic mass is 16.5. The van der Waals surface area contributed by atoms with Crippen LogP contribution in [0.25, 0.3) is 0 Å². The Balaban J connectivity index is 1.73. The smallest absolute Gasteiger partial charge is 0.340 e.